The van der Waals surface area contributed by atoms with Gasteiger partial charge >= 0.3 is 0 Å². The van der Waals surface area contributed by atoms with E-state index in [9.17, 15) is 4.79 Å². The number of methoxy groups -OCH3 is 1. The van der Waals surface area contributed by atoms with Crippen LogP contribution in [-0.4, -0.2) is 23.0 Å². The standard InChI is InChI=1S/C15H13N3O2S2/c1-9-7-22-15(16-9)18-13(19)12-8-21-14(17-12)10-3-5-11(20-2)6-4-10/h3-8H,1-2H3,(H,16,18,19). The molecule has 0 bridgehead atoms. The molecule has 0 saturated heterocycles. The molecule has 3 rings (SSSR count). The molecule has 22 heavy (non-hydrogen) atoms. The third kappa shape index (κ3) is 3.15. The summed E-state index contributed by atoms with van der Waals surface area (Å²) in [6, 6.07) is 7.58. The van der Waals surface area contributed by atoms with Gasteiger partial charge in [0.25, 0.3) is 5.91 Å². The Morgan fingerprint density at radius 2 is 1.91 bits per heavy atom. The Hall–Kier alpha value is -2.25. The van der Waals surface area contributed by atoms with Gasteiger partial charge in [-0.05, 0) is 31.2 Å². The van der Waals surface area contributed by atoms with Crippen LogP contribution in [0.2, 0.25) is 0 Å². The lowest BCUT2D eigenvalue weighted by Crippen LogP contribution is -2.12. The van der Waals surface area contributed by atoms with Crippen molar-refractivity contribution in [3.05, 3.63) is 46.4 Å². The molecule has 112 valence electrons. The maximum Gasteiger partial charge on any atom is 0.276 e. The van der Waals surface area contributed by atoms with Crippen molar-refractivity contribution in [1.82, 2.24) is 9.97 Å². The lowest BCUT2D eigenvalue weighted by Gasteiger charge is -2.00. The van der Waals surface area contributed by atoms with Crippen LogP contribution >= 0.6 is 22.7 Å². The Balaban J connectivity index is 1.76. The van der Waals surface area contributed by atoms with Crippen LogP contribution in [0, 0.1) is 6.92 Å². The number of benzene rings is 1. The highest BCUT2D eigenvalue weighted by atomic mass is 32.1. The van der Waals surface area contributed by atoms with E-state index in [0.29, 0.717) is 10.8 Å². The van der Waals surface area contributed by atoms with Gasteiger partial charge in [0.2, 0.25) is 0 Å². The number of nitrogens with zero attached hydrogens (tertiary/aromatic N) is 2. The van der Waals surface area contributed by atoms with Crippen LogP contribution in [0.25, 0.3) is 10.6 Å². The number of carbonyl (C=O) groups is 1. The summed E-state index contributed by atoms with van der Waals surface area (Å²) in [6.45, 7) is 1.89. The predicted molar refractivity (Wildman–Crippen MR) is 88.9 cm³/mol. The second-order valence-electron chi connectivity index (χ2n) is 4.51. The fourth-order valence-corrected chi connectivity index (χ4v) is 3.31. The lowest BCUT2D eigenvalue weighted by atomic mass is 10.2. The highest BCUT2D eigenvalue weighted by molar-refractivity contribution is 7.14. The predicted octanol–water partition coefficient (Wildman–Crippen LogP) is 3.84. The molecule has 1 aromatic carbocycles. The number of aromatic nitrogens is 2. The first-order valence-corrected chi connectivity index (χ1v) is 8.25. The summed E-state index contributed by atoms with van der Waals surface area (Å²) >= 11 is 2.83. The van der Waals surface area contributed by atoms with Crippen LogP contribution in [0.4, 0.5) is 5.13 Å². The van der Waals surface area contributed by atoms with Crippen molar-refractivity contribution in [1.29, 1.82) is 0 Å². The minimum Gasteiger partial charge on any atom is -0.497 e. The average molecular weight is 331 g/mol. The smallest absolute Gasteiger partial charge is 0.276 e. The Morgan fingerprint density at radius 1 is 1.14 bits per heavy atom. The first-order chi connectivity index (χ1) is 10.7. The van der Waals surface area contributed by atoms with Crippen LogP contribution in [-0.2, 0) is 0 Å². The fourth-order valence-electron chi connectivity index (χ4n) is 1.82. The highest BCUT2D eigenvalue weighted by Gasteiger charge is 2.13. The first kappa shape index (κ1) is 14.7. The van der Waals surface area contributed by atoms with E-state index in [1.165, 1.54) is 22.7 Å². The molecule has 1 N–H and O–H groups in total. The number of thiazole rings is 2. The molecule has 5 nitrogen and oxygen atoms in total. The van der Waals surface area contributed by atoms with Crippen molar-refractivity contribution >= 4 is 33.7 Å². The second-order valence-corrected chi connectivity index (χ2v) is 6.23. The second kappa shape index (κ2) is 6.25. The van der Waals surface area contributed by atoms with Crippen LogP contribution in [0.3, 0.4) is 0 Å². The van der Waals surface area contributed by atoms with Crippen molar-refractivity contribution in [2.75, 3.05) is 12.4 Å². The number of carbonyl (C=O) groups excluding carboxylic acids is 1. The van der Waals surface area contributed by atoms with Gasteiger partial charge in [-0.2, -0.15) is 0 Å². The van der Waals surface area contributed by atoms with Gasteiger partial charge in [-0.15, -0.1) is 22.7 Å². The fraction of sp³-hybridized carbons (Fsp3) is 0.133. The minimum absolute atomic E-state index is 0.245. The van der Waals surface area contributed by atoms with Crippen molar-refractivity contribution in [3.8, 4) is 16.3 Å². The third-order valence-corrected chi connectivity index (χ3v) is 4.68. The van der Waals surface area contributed by atoms with Gasteiger partial charge in [-0.3, -0.25) is 10.1 Å². The third-order valence-electron chi connectivity index (χ3n) is 2.91. The van der Waals surface area contributed by atoms with E-state index < -0.39 is 0 Å². The SMILES string of the molecule is COc1ccc(-c2nc(C(=O)Nc3nc(C)cs3)cs2)cc1. The number of nitrogens with one attached hydrogen (secondary N) is 1. The number of aryl methyl sites for hydroxylation is 1. The topological polar surface area (TPSA) is 64.1 Å². The number of hydrogen-bond acceptors (Lipinski definition) is 6. The quantitative estimate of drug-likeness (QED) is 0.789. The van der Waals surface area contributed by atoms with Crippen molar-refractivity contribution < 1.29 is 9.53 Å². The average Bonchev–Trinajstić information content (AvgIpc) is 3.17. The highest BCUT2D eigenvalue weighted by Crippen LogP contribution is 2.26. The van der Waals surface area contributed by atoms with Gasteiger partial charge < -0.3 is 4.74 Å². The molecule has 0 radical (unpaired) electrons. The zero-order valence-electron chi connectivity index (χ0n) is 12.0. The molecule has 0 atom stereocenters. The summed E-state index contributed by atoms with van der Waals surface area (Å²) in [6.07, 6.45) is 0. The maximum atomic E-state index is 12.1. The molecule has 0 aliphatic carbocycles. The van der Waals surface area contributed by atoms with E-state index in [-0.39, 0.29) is 5.91 Å². The Labute approximate surface area is 135 Å². The molecule has 1 amide bonds. The summed E-state index contributed by atoms with van der Waals surface area (Å²) in [7, 11) is 1.63. The van der Waals surface area contributed by atoms with Gasteiger partial charge in [0.15, 0.2) is 5.13 Å². The number of anilines is 1. The molecule has 0 aliphatic rings. The van der Waals surface area contributed by atoms with Crippen LogP contribution in [0.1, 0.15) is 16.2 Å². The Kier molecular flexibility index (Phi) is 4.17. The van der Waals surface area contributed by atoms with Crippen molar-refractivity contribution in [2.45, 2.75) is 6.92 Å². The summed E-state index contributed by atoms with van der Waals surface area (Å²) in [5.41, 5.74) is 2.23. The number of amides is 1. The summed E-state index contributed by atoms with van der Waals surface area (Å²) in [5.74, 6) is 0.544. The normalized spacial score (nSPS) is 10.5. The van der Waals surface area contributed by atoms with E-state index in [2.05, 4.69) is 15.3 Å². The van der Waals surface area contributed by atoms with Gasteiger partial charge in [0.05, 0.1) is 12.8 Å². The molecule has 2 aromatic heterocycles. The van der Waals surface area contributed by atoms with Crippen molar-refractivity contribution in [2.24, 2.45) is 0 Å². The van der Waals surface area contributed by atoms with Crippen LogP contribution in [0.15, 0.2) is 35.0 Å². The maximum absolute atomic E-state index is 12.1. The van der Waals surface area contributed by atoms with E-state index >= 15 is 0 Å². The molecule has 3 aromatic rings. The van der Waals surface area contributed by atoms with Crippen molar-refractivity contribution in [3.63, 3.8) is 0 Å². The molecule has 0 unspecified atom stereocenters. The van der Waals surface area contributed by atoms with E-state index in [1.807, 2.05) is 36.6 Å². The van der Waals surface area contributed by atoms with Gasteiger partial charge in [-0.1, -0.05) is 0 Å². The van der Waals surface area contributed by atoms with Gasteiger partial charge in [0.1, 0.15) is 16.5 Å². The monoisotopic (exact) mass is 331 g/mol. The van der Waals surface area contributed by atoms with Crippen LogP contribution in [0.5, 0.6) is 5.75 Å². The molecule has 0 saturated carbocycles. The Bertz CT molecular complexity index is 793. The molecule has 2 heterocycles. The molecule has 0 aliphatic heterocycles. The minimum atomic E-state index is -0.245. The molecular formula is C15H13N3O2S2. The first-order valence-electron chi connectivity index (χ1n) is 6.49. The van der Waals surface area contributed by atoms with Gasteiger partial charge in [-0.25, -0.2) is 9.97 Å². The molecule has 7 heteroatoms. The molecule has 0 spiro atoms. The zero-order chi connectivity index (χ0) is 15.5. The Morgan fingerprint density at radius 3 is 2.55 bits per heavy atom. The number of ether oxygens (including phenoxy) is 1. The lowest BCUT2D eigenvalue weighted by molar-refractivity contribution is 0.102. The van der Waals surface area contributed by atoms with Crippen LogP contribution < -0.4 is 10.1 Å². The van der Waals surface area contributed by atoms with E-state index in [4.69, 9.17) is 4.74 Å². The zero-order valence-corrected chi connectivity index (χ0v) is 13.6. The number of hydrogen-bond donors (Lipinski definition) is 1. The van der Waals surface area contributed by atoms with Gasteiger partial charge in [0, 0.05) is 16.3 Å². The van der Waals surface area contributed by atoms with E-state index in [1.54, 1.807) is 12.5 Å². The number of rotatable bonds is 4. The summed E-state index contributed by atoms with van der Waals surface area (Å²) in [4.78, 5) is 20.7. The largest absolute Gasteiger partial charge is 0.497 e. The summed E-state index contributed by atoms with van der Waals surface area (Å²) < 4.78 is 5.13. The molecule has 0 fully saturated rings. The molecular weight excluding hydrogens is 318 g/mol. The van der Waals surface area contributed by atoms with E-state index in [0.717, 1.165) is 22.0 Å². The summed E-state index contributed by atoms with van der Waals surface area (Å²) in [5, 5.41) is 7.77.